The summed E-state index contributed by atoms with van der Waals surface area (Å²) in [5.74, 6) is 0. The van der Waals surface area contributed by atoms with Crippen LogP contribution in [0.25, 0.3) is 11.1 Å². The average molecular weight is 670 g/mol. The van der Waals surface area contributed by atoms with E-state index < -0.39 is 14.1 Å². The van der Waals surface area contributed by atoms with Gasteiger partial charge in [0.25, 0.3) is 0 Å². The summed E-state index contributed by atoms with van der Waals surface area (Å²) in [6, 6.07) is 61.0. The first-order valence-corrected chi connectivity index (χ1v) is 21.6. The van der Waals surface area contributed by atoms with E-state index in [0.29, 0.717) is 0 Å². The zero-order valence-corrected chi connectivity index (χ0v) is 28.9. The lowest BCUT2D eigenvalue weighted by Gasteiger charge is -2.44. The normalized spacial score (nSPS) is 17.6. The van der Waals surface area contributed by atoms with E-state index in [2.05, 4.69) is 175 Å². The predicted molar refractivity (Wildman–Crippen MR) is 207 cm³/mol. The highest BCUT2D eigenvalue weighted by Gasteiger charge is 2.53. The fourth-order valence-corrected chi connectivity index (χ4v) is 20.2. The lowest BCUT2D eigenvalue weighted by atomic mass is 10.1. The van der Waals surface area contributed by atoms with Crippen molar-refractivity contribution >= 4 is 91.4 Å². The van der Waals surface area contributed by atoms with Gasteiger partial charge >= 0.3 is 0 Å². The first-order chi connectivity index (χ1) is 23.2. The van der Waals surface area contributed by atoms with Crippen LogP contribution in [-0.4, -0.2) is 8.07 Å². The van der Waals surface area contributed by atoms with Gasteiger partial charge in [-0.3, -0.25) is 0 Å². The van der Waals surface area contributed by atoms with E-state index in [-0.39, 0.29) is 0 Å². The molecule has 1 nitrogen and oxygen atoms in total. The Bertz CT molecular complexity index is 2360. The molecule has 3 aliphatic rings. The van der Waals surface area contributed by atoms with Gasteiger partial charge in [-0.1, -0.05) is 157 Å². The molecule has 3 aliphatic heterocycles. The van der Waals surface area contributed by atoms with Crippen molar-refractivity contribution in [2.45, 2.75) is 9.79 Å². The van der Waals surface area contributed by atoms with Crippen LogP contribution in [0.5, 0.6) is 0 Å². The van der Waals surface area contributed by atoms with Crippen molar-refractivity contribution in [2.24, 2.45) is 0 Å². The summed E-state index contributed by atoms with van der Waals surface area (Å²) in [5.41, 5.74) is 6.47. The minimum Gasteiger partial charge on any atom is -0.311 e. The molecule has 0 bridgehead atoms. The highest BCUT2D eigenvalue weighted by Crippen LogP contribution is 2.53. The molecular formula is C42H28NPS2Si. The summed E-state index contributed by atoms with van der Waals surface area (Å²) in [7, 11) is -2.58. The summed E-state index contributed by atoms with van der Waals surface area (Å²) in [4.78, 5) is 5.05. The molecule has 47 heavy (non-hydrogen) atoms. The van der Waals surface area contributed by atoms with Crippen LogP contribution in [0, 0.1) is 0 Å². The Kier molecular flexibility index (Phi) is 6.05. The number of fused-ring (bicyclic) bond motifs is 11. The van der Waals surface area contributed by atoms with Gasteiger partial charge in [0.05, 0.1) is 0 Å². The van der Waals surface area contributed by atoms with Gasteiger partial charge in [0.2, 0.25) is 0 Å². The van der Waals surface area contributed by atoms with Gasteiger partial charge in [0.15, 0.2) is 8.07 Å². The molecule has 1 atom stereocenters. The van der Waals surface area contributed by atoms with Gasteiger partial charge in [-0.2, -0.15) is 0 Å². The minimum absolute atomic E-state index is 1.17. The molecular weight excluding hydrogens is 642 g/mol. The fourth-order valence-electron chi connectivity index (χ4n) is 8.29. The predicted octanol–water partition coefficient (Wildman–Crippen LogP) is 7.05. The van der Waals surface area contributed by atoms with Crippen molar-refractivity contribution < 1.29 is 0 Å². The number of para-hydroxylation sites is 2. The molecule has 0 fully saturated rings. The third-order valence-corrected chi connectivity index (χ3v) is 21.5. The lowest BCUT2D eigenvalue weighted by molar-refractivity contribution is 1.27. The van der Waals surface area contributed by atoms with E-state index in [9.17, 15) is 0 Å². The Morgan fingerprint density at radius 3 is 1.64 bits per heavy atom. The van der Waals surface area contributed by atoms with Gasteiger partial charge in [0.1, 0.15) is 0 Å². The molecule has 1 unspecified atom stereocenters. The van der Waals surface area contributed by atoms with E-state index in [1.807, 2.05) is 11.8 Å². The van der Waals surface area contributed by atoms with Crippen LogP contribution in [0.1, 0.15) is 0 Å². The lowest BCUT2D eigenvalue weighted by Crippen LogP contribution is -2.75. The zero-order chi connectivity index (χ0) is 31.2. The first-order valence-electron chi connectivity index (χ1n) is 16.0. The van der Waals surface area contributed by atoms with Gasteiger partial charge < -0.3 is 4.90 Å². The van der Waals surface area contributed by atoms with Gasteiger partial charge in [-0.15, -0.1) is 0 Å². The van der Waals surface area contributed by atoms with Crippen LogP contribution < -0.4 is 41.6 Å². The molecule has 7 aromatic rings. The Hall–Kier alpha value is -4.44. The number of anilines is 3. The van der Waals surface area contributed by atoms with Crippen molar-refractivity contribution in [3.8, 4) is 11.1 Å². The molecule has 0 amide bonds. The molecule has 0 saturated heterocycles. The highest BCUT2D eigenvalue weighted by molar-refractivity contribution is 8.26. The minimum atomic E-state index is -2.58. The SMILES string of the molecule is S=P1(c2ccccc2)c2ccccc2Sc2cc(N3c4ccccc4[Si]4(c5ccccc5-c5ccccc54)c4ccccc43)ccc21. The summed E-state index contributed by atoms with van der Waals surface area (Å²) in [5, 5.41) is 9.70. The number of benzene rings is 7. The van der Waals surface area contributed by atoms with Crippen LogP contribution in [0.15, 0.2) is 180 Å². The van der Waals surface area contributed by atoms with Crippen LogP contribution in [-0.2, 0) is 11.8 Å². The molecule has 0 radical (unpaired) electrons. The maximum absolute atomic E-state index is 6.79. The largest absolute Gasteiger partial charge is 0.311 e. The van der Waals surface area contributed by atoms with Crippen LogP contribution in [0.3, 0.4) is 0 Å². The van der Waals surface area contributed by atoms with E-state index in [1.54, 1.807) is 0 Å². The van der Waals surface area contributed by atoms with Crippen LogP contribution >= 0.6 is 17.8 Å². The maximum Gasteiger partial charge on any atom is 0.185 e. The second kappa shape index (κ2) is 10.3. The van der Waals surface area contributed by atoms with Crippen LogP contribution in [0.2, 0.25) is 0 Å². The van der Waals surface area contributed by atoms with Crippen molar-refractivity contribution in [3.63, 3.8) is 0 Å². The third kappa shape index (κ3) is 3.65. The molecule has 3 heterocycles. The quantitative estimate of drug-likeness (QED) is 0.144. The Morgan fingerprint density at radius 2 is 0.979 bits per heavy atom. The molecule has 5 heteroatoms. The molecule has 0 saturated carbocycles. The van der Waals surface area contributed by atoms with Crippen LogP contribution in [0.4, 0.5) is 17.1 Å². The fraction of sp³-hybridized carbons (Fsp3) is 0. The van der Waals surface area contributed by atoms with Crippen molar-refractivity contribution in [1.29, 1.82) is 0 Å². The van der Waals surface area contributed by atoms with Gasteiger partial charge in [-0.25, -0.2) is 0 Å². The molecule has 0 N–H and O–H groups in total. The van der Waals surface area contributed by atoms with Crippen molar-refractivity contribution in [3.05, 3.63) is 170 Å². The summed E-state index contributed by atoms with van der Waals surface area (Å²) in [6.07, 6.45) is 0. The van der Waals surface area contributed by atoms with E-state index in [0.717, 1.165) is 0 Å². The van der Waals surface area contributed by atoms with Crippen molar-refractivity contribution in [2.75, 3.05) is 4.90 Å². The average Bonchev–Trinajstić information content (AvgIpc) is 3.43. The topological polar surface area (TPSA) is 3.24 Å². The van der Waals surface area contributed by atoms with E-state index in [1.165, 1.54) is 74.6 Å². The smallest absolute Gasteiger partial charge is 0.185 e. The van der Waals surface area contributed by atoms with Gasteiger partial charge in [0, 0.05) is 43.5 Å². The number of hydrogen-bond donors (Lipinski definition) is 0. The number of rotatable bonds is 2. The summed E-state index contributed by atoms with van der Waals surface area (Å²) in [6.45, 7) is 0. The second-order valence-corrected chi connectivity index (χ2v) is 21.5. The third-order valence-electron chi connectivity index (χ3n) is 10.1. The highest BCUT2D eigenvalue weighted by atomic mass is 32.4. The molecule has 1 spiro atoms. The van der Waals surface area contributed by atoms with E-state index >= 15 is 0 Å². The Morgan fingerprint density at radius 1 is 0.468 bits per heavy atom. The summed E-state index contributed by atoms with van der Waals surface area (Å²) < 4.78 is 0. The number of nitrogens with zero attached hydrogens (tertiary/aromatic N) is 1. The monoisotopic (exact) mass is 669 g/mol. The standard InChI is InChI=1S/C42H28NPS2Si/c45-44(30-14-2-1-3-15-30)35-20-8-9-21-37(35)46-38-28-29(26-27-36(38)44)43-33-18-6-12-24-41(33)47(42-25-13-7-19-34(42)43)39-22-10-4-16-31(39)32-17-5-11-23-40(32)47/h1-28H. The first kappa shape index (κ1) is 27.6. The zero-order valence-electron chi connectivity index (χ0n) is 25.4. The molecule has 222 valence electrons. The molecule has 10 rings (SSSR count). The molecule has 0 aliphatic carbocycles. The van der Waals surface area contributed by atoms with E-state index in [4.69, 9.17) is 11.8 Å². The second-order valence-electron chi connectivity index (χ2n) is 12.4. The summed E-state index contributed by atoms with van der Waals surface area (Å²) >= 11 is 8.65. The number of hydrogen-bond acceptors (Lipinski definition) is 3. The molecule has 0 aromatic heterocycles. The Labute approximate surface area is 285 Å². The van der Waals surface area contributed by atoms with Crippen molar-refractivity contribution in [1.82, 2.24) is 0 Å². The van der Waals surface area contributed by atoms with Gasteiger partial charge in [-0.05, 0) is 73.6 Å². The maximum atomic E-state index is 6.79. The Balaban J connectivity index is 1.23. The molecule has 7 aromatic carbocycles.